The van der Waals surface area contributed by atoms with Crippen molar-refractivity contribution in [1.29, 1.82) is 0 Å². The van der Waals surface area contributed by atoms with Gasteiger partial charge in [0.1, 0.15) is 5.69 Å². The van der Waals surface area contributed by atoms with Crippen LogP contribution in [0.5, 0.6) is 0 Å². The molecule has 1 N–H and O–H groups in total. The summed E-state index contributed by atoms with van der Waals surface area (Å²) in [6.07, 6.45) is 3.84. The van der Waals surface area contributed by atoms with Crippen molar-refractivity contribution in [3.8, 4) is 0 Å². The molecule has 4 rings (SSSR count). The number of halogens is 1. The van der Waals surface area contributed by atoms with Crippen LogP contribution < -0.4 is 10.2 Å². The maximum absolute atomic E-state index is 12.6. The molecular formula is C21H18ClN3O. The zero-order valence-corrected chi connectivity index (χ0v) is 14.9. The monoisotopic (exact) mass is 363 g/mol. The number of fused-ring (bicyclic) bond motifs is 1. The number of pyridine rings is 1. The molecule has 0 saturated carbocycles. The number of nitrogens with one attached hydrogen (secondary N) is 1. The third kappa shape index (κ3) is 3.28. The van der Waals surface area contributed by atoms with E-state index in [-0.39, 0.29) is 5.91 Å². The van der Waals surface area contributed by atoms with Gasteiger partial charge >= 0.3 is 0 Å². The Balaban J connectivity index is 1.62. The molecule has 1 aliphatic heterocycles. The maximum Gasteiger partial charge on any atom is 0.274 e. The van der Waals surface area contributed by atoms with Crippen molar-refractivity contribution in [3.05, 3.63) is 83.1 Å². The first-order valence-electron chi connectivity index (χ1n) is 8.60. The lowest BCUT2D eigenvalue weighted by atomic mass is 10.0. The van der Waals surface area contributed by atoms with Crippen LogP contribution in [0.3, 0.4) is 0 Å². The van der Waals surface area contributed by atoms with Crippen LogP contribution in [-0.4, -0.2) is 17.4 Å². The number of benzene rings is 2. The SMILES string of the molecule is O=C(Nc1ccccc1Cl)c1cc(N2CCCc3ccccc32)ccn1. The number of aryl methyl sites for hydroxylation is 1. The van der Waals surface area contributed by atoms with E-state index >= 15 is 0 Å². The molecule has 0 spiro atoms. The Bertz CT molecular complexity index is 957. The molecule has 26 heavy (non-hydrogen) atoms. The van der Waals surface area contributed by atoms with Crippen molar-refractivity contribution in [3.63, 3.8) is 0 Å². The highest BCUT2D eigenvalue weighted by Gasteiger charge is 2.19. The van der Waals surface area contributed by atoms with Crippen LogP contribution in [0.25, 0.3) is 0 Å². The number of amides is 1. The normalized spacial score (nSPS) is 13.2. The van der Waals surface area contributed by atoms with Gasteiger partial charge in [-0.2, -0.15) is 0 Å². The average Bonchev–Trinajstić information content (AvgIpc) is 2.69. The van der Waals surface area contributed by atoms with E-state index in [2.05, 4.69) is 33.4 Å². The zero-order chi connectivity index (χ0) is 17.9. The zero-order valence-electron chi connectivity index (χ0n) is 14.2. The van der Waals surface area contributed by atoms with Crippen molar-refractivity contribution in [2.24, 2.45) is 0 Å². The van der Waals surface area contributed by atoms with E-state index in [1.54, 1.807) is 18.3 Å². The Kier molecular flexibility index (Phi) is 4.59. The van der Waals surface area contributed by atoms with E-state index in [1.807, 2.05) is 30.3 Å². The van der Waals surface area contributed by atoms with Gasteiger partial charge in [0.05, 0.1) is 10.7 Å². The number of nitrogens with zero attached hydrogens (tertiary/aromatic N) is 2. The summed E-state index contributed by atoms with van der Waals surface area (Å²) in [5, 5.41) is 3.33. The third-order valence-corrected chi connectivity index (χ3v) is 4.85. The number of para-hydroxylation sites is 2. The molecule has 2 heterocycles. The molecule has 5 heteroatoms. The summed E-state index contributed by atoms with van der Waals surface area (Å²) in [5.41, 5.74) is 4.44. The van der Waals surface area contributed by atoms with Crippen LogP contribution in [0, 0.1) is 0 Å². The molecule has 1 aliphatic rings. The van der Waals surface area contributed by atoms with Gasteiger partial charge in [-0.1, -0.05) is 41.9 Å². The van der Waals surface area contributed by atoms with Gasteiger partial charge in [-0.3, -0.25) is 9.78 Å². The van der Waals surface area contributed by atoms with Gasteiger partial charge in [0.2, 0.25) is 0 Å². The summed E-state index contributed by atoms with van der Waals surface area (Å²) in [5.74, 6) is -0.273. The van der Waals surface area contributed by atoms with E-state index in [9.17, 15) is 4.79 Å². The maximum atomic E-state index is 12.6. The Morgan fingerprint density at radius 3 is 2.77 bits per heavy atom. The third-order valence-electron chi connectivity index (χ3n) is 4.52. The quantitative estimate of drug-likeness (QED) is 0.706. The second-order valence-corrected chi connectivity index (χ2v) is 6.62. The first-order chi connectivity index (χ1) is 12.7. The van der Waals surface area contributed by atoms with Crippen molar-refractivity contribution >= 4 is 34.6 Å². The number of hydrogen-bond donors (Lipinski definition) is 1. The van der Waals surface area contributed by atoms with Crippen LogP contribution in [0.2, 0.25) is 5.02 Å². The summed E-state index contributed by atoms with van der Waals surface area (Å²) < 4.78 is 0. The second kappa shape index (κ2) is 7.18. The molecule has 1 amide bonds. The number of carbonyl (C=O) groups excluding carboxylic acids is 1. The van der Waals surface area contributed by atoms with Crippen molar-refractivity contribution < 1.29 is 4.79 Å². The molecule has 0 bridgehead atoms. The molecular weight excluding hydrogens is 346 g/mol. The molecule has 0 aliphatic carbocycles. The van der Waals surface area contributed by atoms with E-state index in [0.29, 0.717) is 16.4 Å². The summed E-state index contributed by atoms with van der Waals surface area (Å²) in [6.45, 7) is 0.923. The summed E-state index contributed by atoms with van der Waals surface area (Å²) >= 11 is 6.12. The topological polar surface area (TPSA) is 45.2 Å². The molecule has 0 radical (unpaired) electrons. The molecule has 2 aromatic carbocycles. The number of aromatic nitrogens is 1. The van der Waals surface area contributed by atoms with Gasteiger partial charge in [0, 0.05) is 24.1 Å². The summed E-state index contributed by atoms with van der Waals surface area (Å²) in [6, 6.07) is 19.3. The van der Waals surface area contributed by atoms with Crippen LogP contribution in [-0.2, 0) is 6.42 Å². The summed E-state index contributed by atoms with van der Waals surface area (Å²) in [4.78, 5) is 19.1. The minimum atomic E-state index is -0.273. The van der Waals surface area contributed by atoms with Gasteiger partial charge in [-0.05, 0) is 48.7 Å². The predicted octanol–water partition coefficient (Wildman–Crippen LogP) is 5.07. The lowest BCUT2D eigenvalue weighted by molar-refractivity contribution is 0.102. The first kappa shape index (κ1) is 16.6. The largest absolute Gasteiger partial charge is 0.341 e. The van der Waals surface area contributed by atoms with Crippen molar-refractivity contribution in [1.82, 2.24) is 4.98 Å². The fourth-order valence-electron chi connectivity index (χ4n) is 3.26. The molecule has 3 aromatic rings. The Labute approximate surface area is 157 Å². The van der Waals surface area contributed by atoms with Crippen LogP contribution in [0.1, 0.15) is 22.5 Å². The molecule has 0 atom stereocenters. The van der Waals surface area contributed by atoms with Crippen molar-refractivity contribution in [2.75, 3.05) is 16.8 Å². The predicted molar refractivity (Wildman–Crippen MR) is 105 cm³/mol. The lowest BCUT2D eigenvalue weighted by Gasteiger charge is -2.31. The molecule has 4 nitrogen and oxygen atoms in total. The fourth-order valence-corrected chi connectivity index (χ4v) is 3.45. The minimum absolute atomic E-state index is 0.273. The van der Waals surface area contributed by atoms with E-state index in [1.165, 1.54) is 11.3 Å². The highest BCUT2D eigenvalue weighted by atomic mass is 35.5. The number of rotatable bonds is 3. The molecule has 0 saturated heterocycles. The van der Waals surface area contributed by atoms with Crippen LogP contribution in [0.15, 0.2) is 66.9 Å². The van der Waals surface area contributed by atoms with Gasteiger partial charge in [-0.15, -0.1) is 0 Å². The minimum Gasteiger partial charge on any atom is -0.341 e. The smallest absolute Gasteiger partial charge is 0.274 e. The Hall–Kier alpha value is -2.85. The lowest BCUT2D eigenvalue weighted by Crippen LogP contribution is -2.25. The van der Waals surface area contributed by atoms with Crippen molar-refractivity contribution in [2.45, 2.75) is 12.8 Å². The standard InChI is InChI=1S/C21H18ClN3O/c22-17-8-2-3-9-18(17)24-21(26)19-14-16(11-12-23-19)25-13-5-7-15-6-1-4-10-20(15)25/h1-4,6,8-12,14H,5,7,13H2,(H,24,26). The number of anilines is 3. The van der Waals surface area contributed by atoms with E-state index in [4.69, 9.17) is 11.6 Å². The first-order valence-corrected chi connectivity index (χ1v) is 8.97. The highest BCUT2D eigenvalue weighted by molar-refractivity contribution is 6.33. The van der Waals surface area contributed by atoms with Gasteiger partial charge < -0.3 is 10.2 Å². The van der Waals surface area contributed by atoms with Gasteiger partial charge in [0.15, 0.2) is 0 Å². The summed E-state index contributed by atoms with van der Waals surface area (Å²) in [7, 11) is 0. The number of carbonyl (C=O) groups is 1. The van der Waals surface area contributed by atoms with Gasteiger partial charge in [-0.25, -0.2) is 0 Å². The van der Waals surface area contributed by atoms with Gasteiger partial charge in [0.25, 0.3) is 5.91 Å². The molecule has 0 unspecified atom stereocenters. The average molecular weight is 364 g/mol. The van der Waals surface area contributed by atoms with Crippen LogP contribution in [0.4, 0.5) is 17.1 Å². The van der Waals surface area contributed by atoms with E-state index in [0.717, 1.165) is 25.1 Å². The second-order valence-electron chi connectivity index (χ2n) is 6.22. The molecule has 1 aromatic heterocycles. The fraction of sp³-hybridized carbons (Fsp3) is 0.143. The van der Waals surface area contributed by atoms with Crippen LogP contribution >= 0.6 is 11.6 Å². The molecule has 130 valence electrons. The number of hydrogen-bond acceptors (Lipinski definition) is 3. The Morgan fingerprint density at radius 1 is 1.08 bits per heavy atom. The van der Waals surface area contributed by atoms with E-state index < -0.39 is 0 Å². The molecule has 0 fully saturated rings. The highest BCUT2D eigenvalue weighted by Crippen LogP contribution is 2.33. The Morgan fingerprint density at radius 2 is 1.88 bits per heavy atom.